The Labute approximate surface area is 96.9 Å². The van der Waals surface area contributed by atoms with Gasteiger partial charge < -0.3 is 5.73 Å². The van der Waals surface area contributed by atoms with E-state index in [4.69, 9.17) is 5.73 Å². The highest BCUT2D eigenvalue weighted by atomic mass is 32.2. The molecule has 0 unspecified atom stereocenters. The summed E-state index contributed by atoms with van der Waals surface area (Å²) in [6.45, 7) is 6.27. The molecule has 0 saturated heterocycles. The Bertz CT molecular complexity index is 461. The van der Waals surface area contributed by atoms with Gasteiger partial charge in [-0.05, 0) is 17.5 Å². The highest BCUT2D eigenvalue weighted by Gasteiger charge is 2.19. The third-order valence-corrected chi connectivity index (χ3v) is 3.48. The molecule has 16 heavy (non-hydrogen) atoms. The van der Waals surface area contributed by atoms with Crippen molar-refractivity contribution in [3.8, 4) is 0 Å². The Balaban J connectivity index is 2.92. The maximum absolute atomic E-state index is 11.9. The van der Waals surface area contributed by atoms with Crippen molar-refractivity contribution >= 4 is 15.7 Å². The average Bonchev–Trinajstić information content (AvgIpc) is 2.14. The van der Waals surface area contributed by atoms with E-state index >= 15 is 0 Å². The van der Waals surface area contributed by atoms with E-state index in [0.29, 0.717) is 6.54 Å². The number of rotatable bonds is 3. The zero-order chi connectivity index (χ0) is 12.4. The summed E-state index contributed by atoms with van der Waals surface area (Å²) in [7, 11) is -3.50. The number of nitrogens with one attached hydrogen (secondary N) is 1. The number of hydrogen-bond donors (Lipinski definition) is 2. The molecule has 1 aromatic carbocycles. The molecule has 5 heteroatoms. The average molecular weight is 242 g/mol. The molecule has 0 amide bonds. The standard InChI is InChI=1S/C11H18N2O2S/c1-11(2,3)8-13-16(14,15)10-7-5-4-6-9(10)12/h4-7,13H,8,12H2,1-3H3. The Morgan fingerprint density at radius 2 is 1.81 bits per heavy atom. The van der Waals surface area contributed by atoms with Crippen LogP contribution in [0.5, 0.6) is 0 Å². The van der Waals surface area contributed by atoms with E-state index in [0.717, 1.165) is 0 Å². The van der Waals surface area contributed by atoms with Crippen molar-refractivity contribution in [2.24, 2.45) is 5.41 Å². The molecule has 0 aliphatic heterocycles. The Morgan fingerprint density at radius 3 is 2.31 bits per heavy atom. The number of benzene rings is 1. The number of hydrogen-bond acceptors (Lipinski definition) is 3. The second-order valence-electron chi connectivity index (χ2n) is 4.92. The number of para-hydroxylation sites is 1. The first kappa shape index (κ1) is 13.0. The first-order valence-corrected chi connectivity index (χ1v) is 6.55. The first-order chi connectivity index (χ1) is 7.22. The molecule has 0 radical (unpaired) electrons. The molecule has 0 saturated carbocycles. The molecule has 0 atom stereocenters. The van der Waals surface area contributed by atoms with Crippen molar-refractivity contribution < 1.29 is 8.42 Å². The minimum atomic E-state index is -3.50. The molecule has 4 nitrogen and oxygen atoms in total. The second kappa shape index (κ2) is 4.43. The van der Waals surface area contributed by atoms with Crippen LogP contribution in [0.15, 0.2) is 29.2 Å². The number of sulfonamides is 1. The van der Waals surface area contributed by atoms with E-state index in [-0.39, 0.29) is 16.0 Å². The predicted octanol–water partition coefficient (Wildman–Crippen LogP) is 1.59. The molecule has 0 heterocycles. The lowest BCUT2D eigenvalue weighted by molar-refractivity contribution is 0.407. The number of nitrogen functional groups attached to an aromatic ring is 1. The Hall–Kier alpha value is -1.07. The second-order valence-corrected chi connectivity index (χ2v) is 6.66. The van der Waals surface area contributed by atoms with Crippen LogP contribution < -0.4 is 10.5 Å². The van der Waals surface area contributed by atoms with Crippen LogP contribution in [0.1, 0.15) is 20.8 Å². The van der Waals surface area contributed by atoms with Gasteiger partial charge in [0, 0.05) is 6.54 Å². The third-order valence-electron chi connectivity index (χ3n) is 2.00. The van der Waals surface area contributed by atoms with Crippen molar-refractivity contribution in [1.29, 1.82) is 0 Å². The summed E-state index contributed by atoms with van der Waals surface area (Å²) in [6.07, 6.45) is 0. The minimum absolute atomic E-state index is 0.101. The van der Waals surface area contributed by atoms with Gasteiger partial charge in [-0.25, -0.2) is 13.1 Å². The maximum atomic E-state index is 11.9. The summed E-state index contributed by atoms with van der Waals surface area (Å²) in [4.78, 5) is 0.138. The number of nitrogens with two attached hydrogens (primary N) is 1. The minimum Gasteiger partial charge on any atom is -0.398 e. The summed E-state index contributed by atoms with van der Waals surface area (Å²) in [6, 6.07) is 6.44. The van der Waals surface area contributed by atoms with Crippen LogP contribution in [-0.2, 0) is 10.0 Å². The zero-order valence-electron chi connectivity index (χ0n) is 9.82. The van der Waals surface area contributed by atoms with Gasteiger partial charge in [-0.3, -0.25) is 0 Å². The largest absolute Gasteiger partial charge is 0.398 e. The van der Waals surface area contributed by atoms with Crippen molar-refractivity contribution in [3.05, 3.63) is 24.3 Å². The van der Waals surface area contributed by atoms with Gasteiger partial charge in [0.15, 0.2) is 0 Å². The van der Waals surface area contributed by atoms with E-state index in [2.05, 4.69) is 4.72 Å². The molecular weight excluding hydrogens is 224 g/mol. The fourth-order valence-corrected chi connectivity index (χ4v) is 2.53. The van der Waals surface area contributed by atoms with Gasteiger partial charge in [-0.2, -0.15) is 0 Å². The zero-order valence-corrected chi connectivity index (χ0v) is 10.6. The van der Waals surface area contributed by atoms with Crippen LogP contribution in [0.4, 0.5) is 5.69 Å². The summed E-state index contributed by atoms with van der Waals surface area (Å²) in [5.41, 5.74) is 5.79. The van der Waals surface area contributed by atoms with Gasteiger partial charge in [0.2, 0.25) is 10.0 Å². The molecule has 1 rings (SSSR count). The van der Waals surface area contributed by atoms with Crippen LogP contribution in [0.3, 0.4) is 0 Å². The Kier molecular flexibility index (Phi) is 3.60. The highest BCUT2D eigenvalue weighted by Crippen LogP contribution is 2.18. The predicted molar refractivity (Wildman–Crippen MR) is 65.5 cm³/mol. The molecule has 0 bridgehead atoms. The maximum Gasteiger partial charge on any atom is 0.242 e. The normalized spacial score (nSPS) is 12.7. The highest BCUT2D eigenvalue weighted by molar-refractivity contribution is 7.89. The molecule has 0 aliphatic carbocycles. The molecule has 0 spiro atoms. The van der Waals surface area contributed by atoms with E-state index in [9.17, 15) is 8.42 Å². The first-order valence-electron chi connectivity index (χ1n) is 5.06. The van der Waals surface area contributed by atoms with Crippen LogP contribution in [0.2, 0.25) is 0 Å². The monoisotopic (exact) mass is 242 g/mol. The smallest absolute Gasteiger partial charge is 0.242 e. The van der Waals surface area contributed by atoms with Gasteiger partial charge in [0.1, 0.15) is 4.90 Å². The molecule has 0 fully saturated rings. The van der Waals surface area contributed by atoms with Crippen molar-refractivity contribution in [1.82, 2.24) is 4.72 Å². The van der Waals surface area contributed by atoms with Crippen LogP contribution in [-0.4, -0.2) is 15.0 Å². The molecular formula is C11H18N2O2S. The molecule has 0 aliphatic rings. The van der Waals surface area contributed by atoms with Crippen molar-refractivity contribution in [3.63, 3.8) is 0 Å². The fourth-order valence-electron chi connectivity index (χ4n) is 1.11. The quantitative estimate of drug-likeness (QED) is 0.791. The van der Waals surface area contributed by atoms with Gasteiger partial charge in [0.25, 0.3) is 0 Å². The van der Waals surface area contributed by atoms with Crippen molar-refractivity contribution in [2.75, 3.05) is 12.3 Å². The van der Waals surface area contributed by atoms with E-state index in [1.165, 1.54) is 6.07 Å². The van der Waals surface area contributed by atoms with Gasteiger partial charge in [-0.1, -0.05) is 32.9 Å². The summed E-state index contributed by atoms with van der Waals surface area (Å²) < 4.78 is 26.4. The van der Waals surface area contributed by atoms with Gasteiger partial charge in [-0.15, -0.1) is 0 Å². The third kappa shape index (κ3) is 3.50. The van der Waals surface area contributed by atoms with E-state index < -0.39 is 10.0 Å². The topological polar surface area (TPSA) is 72.2 Å². The van der Waals surface area contributed by atoms with Crippen LogP contribution in [0.25, 0.3) is 0 Å². The lowest BCUT2D eigenvalue weighted by Crippen LogP contribution is -2.32. The van der Waals surface area contributed by atoms with Gasteiger partial charge >= 0.3 is 0 Å². The Morgan fingerprint density at radius 1 is 1.25 bits per heavy atom. The SMILES string of the molecule is CC(C)(C)CNS(=O)(=O)c1ccccc1N. The van der Waals surface area contributed by atoms with E-state index in [1.807, 2.05) is 20.8 Å². The van der Waals surface area contributed by atoms with Crippen LogP contribution >= 0.6 is 0 Å². The van der Waals surface area contributed by atoms with Crippen LogP contribution in [0, 0.1) is 5.41 Å². The summed E-state index contributed by atoms with van der Waals surface area (Å²) >= 11 is 0. The lowest BCUT2D eigenvalue weighted by Gasteiger charge is -2.19. The molecule has 0 aromatic heterocycles. The van der Waals surface area contributed by atoms with Crippen molar-refractivity contribution in [2.45, 2.75) is 25.7 Å². The molecule has 3 N–H and O–H groups in total. The lowest BCUT2D eigenvalue weighted by atomic mass is 9.98. The molecule has 1 aromatic rings. The fraction of sp³-hybridized carbons (Fsp3) is 0.455. The summed E-state index contributed by atoms with van der Waals surface area (Å²) in [5, 5.41) is 0. The number of anilines is 1. The van der Waals surface area contributed by atoms with Gasteiger partial charge in [0.05, 0.1) is 5.69 Å². The van der Waals surface area contributed by atoms with E-state index in [1.54, 1.807) is 18.2 Å². The summed E-state index contributed by atoms with van der Waals surface area (Å²) in [5.74, 6) is 0. The molecule has 90 valence electrons.